The number of carbonyl (C=O) groups is 2. The second-order valence-corrected chi connectivity index (χ2v) is 8.28. The van der Waals surface area contributed by atoms with Gasteiger partial charge in [-0.1, -0.05) is 30.3 Å². The van der Waals surface area contributed by atoms with Gasteiger partial charge in [-0.25, -0.2) is 0 Å². The second-order valence-electron chi connectivity index (χ2n) is 8.28. The van der Waals surface area contributed by atoms with Crippen LogP contribution < -0.4 is 0 Å². The van der Waals surface area contributed by atoms with Crippen LogP contribution in [-0.4, -0.2) is 72.3 Å². The van der Waals surface area contributed by atoms with Crippen molar-refractivity contribution in [2.45, 2.75) is 57.4 Å². The molecule has 0 saturated carbocycles. The molecule has 0 radical (unpaired) electrons. The standard InChI is InChI=1S/C23H35N3O2/c1-24(22(27)14-18-26-17-6-5-13-23(26)28)21-12-8-16-25(19-21)15-7-11-20-9-3-2-4-10-20/h2-4,9-10,21H,5-8,11-19H2,1H3/t21-/m1/s1. The molecule has 2 amide bonds. The van der Waals surface area contributed by atoms with Gasteiger partial charge in [0.15, 0.2) is 0 Å². The Hall–Kier alpha value is -1.88. The number of piperidine rings is 2. The van der Waals surface area contributed by atoms with Gasteiger partial charge in [-0.05, 0) is 57.2 Å². The van der Waals surface area contributed by atoms with Crippen LogP contribution in [0.5, 0.6) is 0 Å². The molecular formula is C23H35N3O2. The Kier molecular flexibility index (Phi) is 7.90. The molecular weight excluding hydrogens is 350 g/mol. The first kappa shape index (κ1) is 20.8. The van der Waals surface area contributed by atoms with Gasteiger partial charge < -0.3 is 14.7 Å². The summed E-state index contributed by atoms with van der Waals surface area (Å²) >= 11 is 0. The number of hydrogen-bond acceptors (Lipinski definition) is 3. The number of aryl methyl sites for hydroxylation is 1. The molecule has 3 rings (SSSR count). The van der Waals surface area contributed by atoms with E-state index in [9.17, 15) is 9.59 Å². The molecule has 2 heterocycles. The largest absolute Gasteiger partial charge is 0.342 e. The molecule has 28 heavy (non-hydrogen) atoms. The third-order valence-electron chi connectivity index (χ3n) is 6.22. The first-order chi connectivity index (χ1) is 13.6. The van der Waals surface area contributed by atoms with E-state index in [1.807, 2.05) is 16.8 Å². The zero-order valence-electron chi connectivity index (χ0n) is 17.3. The van der Waals surface area contributed by atoms with Crippen molar-refractivity contribution in [2.75, 3.05) is 39.8 Å². The average molecular weight is 386 g/mol. The number of likely N-dealkylation sites (N-methyl/N-ethyl adjacent to an activating group) is 1. The number of nitrogens with zero attached hydrogens (tertiary/aromatic N) is 3. The van der Waals surface area contributed by atoms with E-state index >= 15 is 0 Å². The fourth-order valence-electron chi connectivity index (χ4n) is 4.41. The predicted octanol–water partition coefficient (Wildman–Crippen LogP) is 2.94. The molecule has 0 aromatic heterocycles. The maximum Gasteiger partial charge on any atom is 0.224 e. The number of benzene rings is 1. The lowest BCUT2D eigenvalue weighted by molar-refractivity contribution is -0.136. The van der Waals surface area contributed by atoms with Crippen molar-refractivity contribution in [3.63, 3.8) is 0 Å². The summed E-state index contributed by atoms with van der Waals surface area (Å²) in [6.07, 6.45) is 7.66. The summed E-state index contributed by atoms with van der Waals surface area (Å²) < 4.78 is 0. The van der Waals surface area contributed by atoms with Gasteiger partial charge >= 0.3 is 0 Å². The Morgan fingerprint density at radius 1 is 1.11 bits per heavy atom. The minimum Gasteiger partial charge on any atom is -0.342 e. The van der Waals surface area contributed by atoms with Crippen molar-refractivity contribution in [3.05, 3.63) is 35.9 Å². The van der Waals surface area contributed by atoms with Gasteiger partial charge in [0.1, 0.15) is 0 Å². The van der Waals surface area contributed by atoms with Crippen LogP contribution in [0.15, 0.2) is 30.3 Å². The summed E-state index contributed by atoms with van der Waals surface area (Å²) in [5.41, 5.74) is 1.40. The van der Waals surface area contributed by atoms with Crippen LogP contribution in [0.2, 0.25) is 0 Å². The van der Waals surface area contributed by atoms with Gasteiger partial charge in [0, 0.05) is 45.6 Å². The lowest BCUT2D eigenvalue weighted by Gasteiger charge is -2.38. The molecule has 1 aromatic rings. The lowest BCUT2D eigenvalue weighted by atomic mass is 10.0. The topological polar surface area (TPSA) is 43.9 Å². The number of likely N-dealkylation sites (tertiary alicyclic amines) is 2. The van der Waals surface area contributed by atoms with Gasteiger partial charge in [-0.2, -0.15) is 0 Å². The van der Waals surface area contributed by atoms with E-state index in [1.165, 1.54) is 5.56 Å². The van der Waals surface area contributed by atoms with Gasteiger partial charge in [0.25, 0.3) is 0 Å². The Labute approximate surface area is 169 Å². The number of hydrogen-bond donors (Lipinski definition) is 0. The Morgan fingerprint density at radius 3 is 2.71 bits per heavy atom. The molecule has 2 aliphatic rings. The third-order valence-corrected chi connectivity index (χ3v) is 6.22. The average Bonchev–Trinajstić information content (AvgIpc) is 2.73. The van der Waals surface area contributed by atoms with Crippen molar-refractivity contribution < 1.29 is 9.59 Å². The molecule has 0 unspecified atom stereocenters. The van der Waals surface area contributed by atoms with Crippen LogP contribution in [0.3, 0.4) is 0 Å². The van der Waals surface area contributed by atoms with Gasteiger partial charge in [-0.3, -0.25) is 9.59 Å². The Balaban J connectivity index is 1.39. The summed E-state index contributed by atoms with van der Waals surface area (Å²) in [6, 6.07) is 11.0. The van der Waals surface area contributed by atoms with E-state index in [4.69, 9.17) is 0 Å². The van der Waals surface area contributed by atoms with Crippen molar-refractivity contribution in [2.24, 2.45) is 0 Å². The summed E-state index contributed by atoms with van der Waals surface area (Å²) in [5, 5.41) is 0. The Bertz CT molecular complexity index is 634. The van der Waals surface area contributed by atoms with Crippen LogP contribution in [-0.2, 0) is 16.0 Å². The smallest absolute Gasteiger partial charge is 0.224 e. The maximum atomic E-state index is 12.7. The van der Waals surface area contributed by atoms with E-state index in [2.05, 4.69) is 35.2 Å². The number of rotatable bonds is 8. The van der Waals surface area contributed by atoms with E-state index in [0.717, 1.165) is 64.7 Å². The van der Waals surface area contributed by atoms with Crippen LogP contribution in [0, 0.1) is 0 Å². The van der Waals surface area contributed by atoms with Gasteiger partial charge in [-0.15, -0.1) is 0 Å². The quantitative estimate of drug-likeness (QED) is 0.691. The van der Waals surface area contributed by atoms with E-state index in [-0.39, 0.29) is 11.8 Å². The molecule has 0 N–H and O–H groups in total. The summed E-state index contributed by atoms with van der Waals surface area (Å²) in [4.78, 5) is 30.9. The summed E-state index contributed by atoms with van der Waals surface area (Å²) in [6.45, 7) is 4.59. The molecule has 2 saturated heterocycles. The zero-order chi connectivity index (χ0) is 19.8. The lowest BCUT2D eigenvalue weighted by Crippen LogP contribution is -2.49. The van der Waals surface area contributed by atoms with Crippen molar-refractivity contribution in [3.8, 4) is 0 Å². The molecule has 1 aromatic carbocycles. The van der Waals surface area contributed by atoms with Crippen molar-refractivity contribution in [1.82, 2.24) is 14.7 Å². The maximum absolute atomic E-state index is 12.7. The first-order valence-corrected chi connectivity index (χ1v) is 10.9. The predicted molar refractivity (Wildman–Crippen MR) is 112 cm³/mol. The molecule has 2 aliphatic heterocycles. The number of carbonyl (C=O) groups excluding carboxylic acids is 2. The fourth-order valence-corrected chi connectivity index (χ4v) is 4.41. The van der Waals surface area contributed by atoms with E-state index < -0.39 is 0 Å². The highest BCUT2D eigenvalue weighted by Crippen LogP contribution is 2.17. The van der Waals surface area contributed by atoms with Crippen LogP contribution in [0.25, 0.3) is 0 Å². The summed E-state index contributed by atoms with van der Waals surface area (Å²) in [5.74, 6) is 0.387. The Morgan fingerprint density at radius 2 is 1.93 bits per heavy atom. The molecule has 0 aliphatic carbocycles. The highest BCUT2D eigenvalue weighted by atomic mass is 16.2. The highest BCUT2D eigenvalue weighted by Gasteiger charge is 2.26. The van der Waals surface area contributed by atoms with Crippen LogP contribution in [0.1, 0.15) is 50.5 Å². The SMILES string of the molecule is CN(C(=O)CCN1CCCCC1=O)[C@@H]1CCCN(CCCc2ccccc2)C1. The molecule has 5 heteroatoms. The molecule has 5 nitrogen and oxygen atoms in total. The third kappa shape index (κ3) is 6.06. The van der Waals surface area contributed by atoms with Crippen molar-refractivity contribution in [1.29, 1.82) is 0 Å². The number of amides is 2. The first-order valence-electron chi connectivity index (χ1n) is 10.9. The van der Waals surface area contributed by atoms with Crippen molar-refractivity contribution >= 4 is 11.8 Å². The zero-order valence-corrected chi connectivity index (χ0v) is 17.3. The molecule has 0 spiro atoms. The summed E-state index contributed by atoms with van der Waals surface area (Å²) in [7, 11) is 1.94. The van der Waals surface area contributed by atoms with Gasteiger partial charge in [0.05, 0.1) is 0 Å². The molecule has 2 fully saturated rings. The van der Waals surface area contributed by atoms with Crippen LogP contribution >= 0.6 is 0 Å². The molecule has 1 atom stereocenters. The molecule has 154 valence electrons. The minimum atomic E-state index is 0.175. The fraction of sp³-hybridized carbons (Fsp3) is 0.652. The van der Waals surface area contributed by atoms with Gasteiger partial charge in [0.2, 0.25) is 11.8 Å². The minimum absolute atomic E-state index is 0.175. The van der Waals surface area contributed by atoms with Crippen LogP contribution in [0.4, 0.5) is 0 Å². The highest BCUT2D eigenvalue weighted by molar-refractivity contribution is 5.79. The van der Waals surface area contributed by atoms with E-state index in [0.29, 0.717) is 25.4 Å². The molecule has 0 bridgehead atoms. The van der Waals surface area contributed by atoms with E-state index in [1.54, 1.807) is 0 Å². The normalized spacial score (nSPS) is 21.0. The second kappa shape index (κ2) is 10.6. The monoisotopic (exact) mass is 385 g/mol.